The van der Waals surface area contributed by atoms with Gasteiger partial charge in [0.15, 0.2) is 0 Å². The molecular formula is C19H25N3O2S. The molecule has 134 valence electrons. The van der Waals surface area contributed by atoms with Crippen molar-refractivity contribution in [3.8, 4) is 0 Å². The second kappa shape index (κ2) is 6.56. The number of nitrogens with one attached hydrogen (secondary N) is 1. The lowest BCUT2D eigenvalue weighted by Gasteiger charge is -2.34. The highest BCUT2D eigenvalue weighted by molar-refractivity contribution is 7.18. The van der Waals surface area contributed by atoms with E-state index < -0.39 is 0 Å². The molecule has 0 unspecified atom stereocenters. The van der Waals surface area contributed by atoms with E-state index >= 15 is 0 Å². The summed E-state index contributed by atoms with van der Waals surface area (Å²) in [5.41, 5.74) is 1.10. The molecule has 1 amide bonds. The van der Waals surface area contributed by atoms with Crippen LogP contribution in [-0.4, -0.2) is 21.5 Å². The van der Waals surface area contributed by atoms with E-state index in [9.17, 15) is 9.59 Å². The van der Waals surface area contributed by atoms with Gasteiger partial charge in [-0.15, -0.1) is 11.3 Å². The highest BCUT2D eigenvalue weighted by Crippen LogP contribution is 2.34. The van der Waals surface area contributed by atoms with Crippen LogP contribution in [0.4, 0.5) is 0 Å². The van der Waals surface area contributed by atoms with Crippen LogP contribution < -0.4 is 10.9 Å². The maximum atomic E-state index is 12.8. The third-order valence-corrected chi connectivity index (χ3v) is 7.26. The number of carbonyl (C=O) groups is 1. The fourth-order valence-electron chi connectivity index (χ4n) is 4.32. The van der Waals surface area contributed by atoms with Crippen molar-refractivity contribution in [1.29, 1.82) is 0 Å². The summed E-state index contributed by atoms with van der Waals surface area (Å²) in [4.78, 5) is 31.9. The summed E-state index contributed by atoms with van der Waals surface area (Å²) < 4.78 is 1.47. The topological polar surface area (TPSA) is 64.0 Å². The van der Waals surface area contributed by atoms with Crippen molar-refractivity contribution in [3.05, 3.63) is 27.1 Å². The summed E-state index contributed by atoms with van der Waals surface area (Å²) in [6, 6.07) is 0.217. The van der Waals surface area contributed by atoms with Crippen molar-refractivity contribution >= 4 is 27.5 Å². The Morgan fingerprint density at radius 2 is 2.16 bits per heavy atom. The lowest BCUT2D eigenvalue weighted by Crippen LogP contribution is -2.45. The van der Waals surface area contributed by atoms with E-state index in [1.54, 1.807) is 11.3 Å². The minimum absolute atomic E-state index is 0.0595. The van der Waals surface area contributed by atoms with E-state index in [2.05, 4.69) is 24.1 Å². The van der Waals surface area contributed by atoms with Crippen LogP contribution in [0.1, 0.15) is 50.0 Å². The van der Waals surface area contributed by atoms with E-state index in [1.165, 1.54) is 27.8 Å². The van der Waals surface area contributed by atoms with Crippen LogP contribution >= 0.6 is 11.3 Å². The summed E-state index contributed by atoms with van der Waals surface area (Å²) in [7, 11) is 0. The number of aromatic nitrogens is 2. The molecule has 0 aliphatic heterocycles. The van der Waals surface area contributed by atoms with Gasteiger partial charge >= 0.3 is 0 Å². The third-order valence-electron chi connectivity index (χ3n) is 6.06. The molecule has 4 rings (SSSR count). The SMILES string of the molecule is C[C@@H]1[C@H](C)CCC[C@H]1NC(=O)Cn1cnc2sc3c(c2c1=O)CCC3. The van der Waals surface area contributed by atoms with Crippen molar-refractivity contribution in [2.24, 2.45) is 11.8 Å². The highest BCUT2D eigenvalue weighted by atomic mass is 32.1. The Balaban J connectivity index is 1.53. The monoisotopic (exact) mass is 359 g/mol. The van der Waals surface area contributed by atoms with Crippen molar-refractivity contribution in [3.63, 3.8) is 0 Å². The summed E-state index contributed by atoms with van der Waals surface area (Å²) in [5, 5.41) is 3.89. The van der Waals surface area contributed by atoms with Gasteiger partial charge in [-0.1, -0.05) is 26.7 Å². The largest absolute Gasteiger partial charge is 0.352 e. The van der Waals surface area contributed by atoms with E-state index in [4.69, 9.17) is 0 Å². The van der Waals surface area contributed by atoms with Crippen LogP contribution in [0.15, 0.2) is 11.1 Å². The second-order valence-electron chi connectivity index (χ2n) is 7.66. The van der Waals surface area contributed by atoms with Gasteiger partial charge in [0.05, 0.1) is 11.7 Å². The number of fused-ring (bicyclic) bond motifs is 3. The minimum atomic E-state index is -0.0823. The van der Waals surface area contributed by atoms with Gasteiger partial charge in [0, 0.05) is 10.9 Å². The first-order chi connectivity index (χ1) is 12.0. The average Bonchev–Trinajstić information content (AvgIpc) is 3.15. The minimum Gasteiger partial charge on any atom is -0.352 e. The Hall–Kier alpha value is -1.69. The number of carbonyl (C=O) groups excluding carboxylic acids is 1. The molecule has 2 aliphatic carbocycles. The number of nitrogens with zero attached hydrogens (tertiary/aromatic N) is 2. The predicted octanol–water partition coefficient (Wildman–Crippen LogP) is 2.89. The smallest absolute Gasteiger partial charge is 0.262 e. The molecule has 1 saturated carbocycles. The summed E-state index contributed by atoms with van der Waals surface area (Å²) in [5.74, 6) is 1.03. The molecular weight excluding hydrogens is 334 g/mol. The Bertz CT molecular complexity index is 869. The normalized spacial score (nSPS) is 25.9. The molecule has 6 heteroatoms. The van der Waals surface area contributed by atoms with Crippen LogP contribution in [-0.2, 0) is 24.2 Å². The first kappa shape index (κ1) is 16.8. The Morgan fingerprint density at radius 1 is 1.32 bits per heavy atom. The molecule has 1 N–H and O–H groups in total. The van der Waals surface area contributed by atoms with E-state index in [1.807, 2.05) is 0 Å². The molecule has 0 bridgehead atoms. The summed E-state index contributed by atoms with van der Waals surface area (Å²) in [6.07, 6.45) is 8.07. The number of aryl methyl sites for hydroxylation is 2. The standard InChI is InChI=1S/C19H25N3O2S/c1-11-5-3-7-14(12(11)2)21-16(23)9-22-10-20-18-17(19(22)24)13-6-4-8-15(13)25-18/h10-12,14H,3-9H2,1-2H3,(H,21,23)/t11-,12-,14-/m1/s1. The zero-order chi connectivity index (χ0) is 17.6. The molecule has 3 atom stereocenters. The highest BCUT2D eigenvalue weighted by Gasteiger charge is 2.28. The number of rotatable bonds is 3. The molecule has 1 fully saturated rings. The third kappa shape index (κ3) is 3.01. The Labute approximate surface area is 151 Å². The Kier molecular flexibility index (Phi) is 4.40. The number of hydrogen-bond acceptors (Lipinski definition) is 4. The van der Waals surface area contributed by atoms with Gasteiger partial charge in [0.2, 0.25) is 5.91 Å². The lowest BCUT2D eigenvalue weighted by atomic mass is 9.78. The molecule has 5 nitrogen and oxygen atoms in total. The van der Waals surface area contributed by atoms with Gasteiger partial charge in [-0.05, 0) is 43.1 Å². The summed E-state index contributed by atoms with van der Waals surface area (Å²) >= 11 is 1.63. The van der Waals surface area contributed by atoms with Crippen molar-refractivity contribution in [2.45, 2.75) is 65.0 Å². The van der Waals surface area contributed by atoms with Gasteiger partial charge < -0.3 is 5.32 Å². The average molecular weight is 359 g/mol. The maximum Gasteiger partial charge on any atom is 0.262 e. The molecule has 0 saturated heterocycles. The second-order valence-corrected chi connectivity index (χ2v) is 8.74. The lowest BCUT2D eigenvalue weighted by molar-refractivity contribution is -0.123. The Morgan fingerprint density at radius 3 is 3.00 bits per heavy atom. The van der Waals surface area contributed by atoms with E-state index in [0.29, 0.717) is 11.8 Å². The van der Waals surface area contributed by atoms with Crippen molar-refractivity contribution in [1.82, 2.24) is 14.9 Å². The van der Waals surface area contributed by atoms with E-state index in [-0.39, 0.29) is 24.1 Å². The molecule has 0 spiro atoms. The fourth-order valence-corrected chi connectivity index (χ4v) is 5.54. The molecule has 2 aromatic rings. The zero-order valence-corrected chi connectivity index (χ0v) is 15.7. The van der Waals surface area contributed by atoms with Gasteiger partial charge in [0.25, 0.3) is 5.56 Å². The maximum absolute atomic E-state index is 12.8. The molecule has 2 aromatic heterocycles. The quantitative estimate of drug-likeness (QED) is 0.916. The van der Waals surface area contributed by atoms with Crippen molar-refractivity contribution < 1.29 is 4.79 Å². The molecule has 25 heavy (non-hydrogen) atoms. The van der Waals surface area contributed by atoms with Crippen LogP contribution in [0.2, 0.25) is 0 Å². The van der Waals surface area contributed by atoms with E-state index in [0.717, 1.165) is 42.3 Å². The van der Waals surface area contributed by atoms with Crippen LogP contribution in [0.5, 0.6) is 0 Å². The van der Waals surface area contributed by atoms with Crippen LogP contribution in [0, 0.1) is 11.8 Å². The zero-order valence-electron chi connectivity index (χ0n) is 14.9. The first-order valence-electron chi connectivity index (χ1n) is 9.33. The van der Waals surface area contributed by atoms with Gasteiger partial charge in [-0.2, -0.15) is 0 Å². The van der Waals surface area contributed by atoms with Crippen LogP contribution in [0.3, 0.4) is 0 Å². The molecule has 0 radical (unpaired) electrons. The first-order valence-corrected chi connectivity index (χ1v) is 10.2. The molecule has 2 heterocycles. The number of thiophene rings is 1. The van der Waals surface area contributed by atoms with Crippen molar-refractivity contribution in [2.75, 3.05) is 0 Å². The summed E-state index contributed by atoms with van der Waals surface area (Å²) in [6.45, 7) is 4.52. The van der Waals surface area contributed by atoms with Gasteiger partial charge in [-0.3, -0.25) is 14.2 Å². The van der Waals surface area contributed by atoms with Gasteiger partial charge in [-0.25, -0.2) is 4.98 Å². The van der Waals surface area contributed by atoms with Crippen LogP contribution in [0.25, 0.3) is 10.2 Å². The predicted molar refractivity (Wildman–Crippen MR) is 100 cm³/mol. The molecule has 0 aromatic carbocycles. The number of amides is 1. The number of hydrogen-bond donors (Lipinski definition) is 1. The molecule has 2 aliphatic rings. The van der Waals surface area contributed by atoms with Gasteiger partial charge in [0.1, 0.15) is 11.4 Å². The fraction of sp³-hybridized carbons (Fsp3) is 0.632.